The number of allylic oxidation sites excluding steroid dienone is 1. The number of rotatable bonds is 2. The minimum Gasteiger partial charge on any atom is -0.478 e. The Morgan fingerprint density at radius 2 is 1.55 bits per heavy atom. The van der Waals surface area contributed by atoms with Gasteiger partial charge in [-0.1, -0.05) is 42.5 Å². The Morgan fingerprint density at radius 3 is 2.05 bits per heavy atom. The molecule has 4 nitrogen and oxygen atoms in total. The van der Waals surface area contributed by atoms with E-state index in [1.54, 1.807) is 0 Å². The topological polar surface area (TPSA) is 74.6 Å². The van der Waals surface area contributed by atoms with E-state index in [0.29, 0.717) is 0 Å². The molecule has 2 aromatic carbocycles. The molecule has 22 heavy (non-hydrogen) atoms. The number of carbonyl (C=O) groups is 2. The van der Waals surface area contributed by atoms with E-state index in [0.717, 1.165) is 6.42 Å². The van der Waals surface area contributed by atoms with E-state index in [9.17, 15) is 9.59 Å². The van der Waals surface area contributed by atoms with E-state index in [1.165, 1.54) is 36.2 Å². The zero-order valence-electron chi connectivity index (χ0n) is 12.1. The predicted molar refractivity (Wildman–Crippen MR) is 84.3 cm³/mol. The first kappa shape index (κ1) is 15.5. The monoisotopic (exact) mass is 296 g/mol. The molecule has 0 spiro atoms. The van der Waals surface area contributed by atoms with Gasteiger partial charge >= 0.3 is 11.9 Å². The summed E-state index contributed by atoms with van der Waals surface area (Å²) in [4.78, 5) is 21.2. The molecule has 112 valence electrons. The summed E-state index contributed by atoms with van der Waals surface area (Å²) in [7, 11) is 0. The van der Waals surface area contributed by atoms with Crippen LogP contribution in [-0.4, -0.2) is 22.2 Å². The van der Waals surface area contributed by atoms with Crippen LogP contribution in [-0.2, 0) is 6.42 Å². The van der Waals surface area contributed by atoms with Crippen LogP contribution in [0.5, 0.6) is 0 Å². The Kier molecular flexibility index (Phi) is 4.73. The van der Waals surface area contributed by atoms with Crippen LogP contribution in [0.15, 0.2) is 48.5 Å². The van der Waals surface area contributed by atoms with Crippen molar-refractivity contribution < 1.29 is 19.8 Å². The van der Waals surface area contributed by atoms with E-state index in [1.807, 2.05) is 0 Å². The van der Waals surface area contributed by atoms with Gasteiger partial charge in [0.05, 0.1) is 11.1 Å². The second-order valence-electron chi connectivity index (χ2n) is 4.94. The largest absolute Gasteiger partial charge is 0.478 e. The zero-order valence-corrected chi connectivity index (χ0v) is 12.1. The molecule has 0 aliphatic heterocycles. The summed E-state index contributed by atoms with van der Waals surface area (Å²) in [5.74, 6) is -2.22. The Balaban J connectivity index is 0.000000170. The van der Waals surface area contributed by atoms with E-state index >= 15 is 0 Å². The first-order chi connectivity index (χ1) is 10.5. The van der Waals surface area contributed by atoms with Crippen molar-refractivity contribution in [2.75, 3.05) is 0 Å². The predicted octanol–water partition coefficient (Wildman–Crippen LogP) is 3.65. The van der Waals surface area contributed by atoms with Gasteiger partial charge in [0.2, 0.25) is 0 Å². The van der Waals surface area contributed by atoms with Crippen LogP contribution in [0.3, 0.4) is 0 Å². The summed E-state index contributed by atoms with van der Waals surface area (Å²) < 4.78 is 0. The quantitative estimate of drug-likeness (QED) is 0.887. The molecule has 0 aromatic heterocycles. The van der Waals surface area contributed by atoms with E-state index < -0.39 is 11.9 Å². The third-order valence-corrected chi connectivity index (χ3v) is 3.41. The summed E-state index contributed by atoms with van der Waals surface area (Å²) in [6.07, 6.45) is 5.46. The lowest BCUT2D eigenvalue weighted by Crippen LogP contribution is -2.06. The molecule has 1 aliphatic rings. The Labute approximate surface area is 128 Å². The first-order valence-corrected chi connectivity index (χ1v) is 6.80. The number of hydrogen-bond acceptors (Lipinski definition) is 2. The van der Waals surface area contributed by atoms with Gasteiger partial charge in [-0.15, -0.1) is 0 Å². The van der Waals surface area contributed by atoms with Crippen LogP contribution in [0, 0.1) is 6.92 Å². The molecular weight excluding hydrogens is 280 g/mol. The number of carboxylic acids is 2. The van der Waals surface area contributed by atoms with Crippen LogP contribution >= 0.6 is 0 Å². The van der Waals surface area contributed by atoms with Crippen LogP contribution in [0.4, 0.5) is 0 Å². The Hall–Kier alpha value is -2.88. The molecule has 2 aromatic rings. The van der Waals surface area contributed by atoms with Crippen molar-refractivity contribution in [3.8, 4) is 0 Å². The normalized spacial score (nSPS) is 11.3. The van der Waals surface area contributed by atoms with E-state index in [4.69, 9.17) is 10.2 Å². The number of hydrogen-bond donors (Lipinski definition) is 2. The third-order valence-electron chi connectivity index (χ3n) is 3.41. The summed E-state index contributed by atoms with van der Waals surface area (Å²) in [6.45, 7) is 1.48. The van der Waals surface area contributed by atoms with Crippen LogP contribution in [0.1, 0.15) is 37.4 Å². The smallest absolute Gasteiger partial charge is 0.335 e. The molecule has 0 atom stereocenters. The van der Waals surface area contributed by atoms with Crippen molar-refractivity contribution in [2.24, 2.45) is 0 Å². The minimum absolute atomic E-state index is 0.0277. The molecule has 0 radical (unpaired) electrons. The summed E-state index contributed by atoms with van der Waals surface area (Å²) in [5.41, 5.74) is 3.09. The molecule has 3 rings (SSSR count). The lowest BCUT2D eigenvalue weighted by molar-refractivity contribution is 0.0696. The van der Waals surface area contributed by atoms with Gasteiger partial charge in [-0.2, -0.15) is 0 Å². The lowest BCUT2D eigenvalue weighted by Gasteiger charge is -2.03. The maximum absolute atomic E-state index is 10.6. The molecule has 2 bridgehead atoms. The SMILES string of the molecule is C1=Cc2cccc(c2)C1.Cc1c(C(=O)O)cccc1C(=O)O. The fourth-order valence-corrected chi connectivity index (χ4v) is 2.25. The van der Waals surface area contributed by atoms with Crippen LogP contribution in [0.25, 0.3) is 6.08 Å². The zero-order chi connectivity index (χ0) is 16.1. The average Bonchev–Trinajstić information content (AvgIpc) is 2.47. The average molecular weight is 296 g/mol. The fraction of sp³-hybridized carbons (Fsp3) is 0.111. The second-order valence-corrected chi connectivity index (χ2v) is 4.94. The van der Waals surface area contributed by atoms with Crippen LogP contribution < -0.4 is 0 Å². The molecule has 0 saturated heterocycles. The van der Waals surface area contributed by atoms with Gasteiger partial charge in [0, 0.05) is 0 Å². The van der Waals surface area contributed by atoms with Crippen molar-refractivity contribution >= 4 is 18.0 Å². The third kappa shape index (κ3) is 3.61. The van der Waals surface area contributed by atoms with Crippen molar-refractivity contribution in [1.82, 2.24) is 0 Å². The van der Waals surface area contributed by atoms with Gasteiger partial charge < -0.3 is 10.2 Å². The molecule has 0 amide bonds. The van der Waals surface area contributed by atoms with E-state index in [-0.39, 0.29) is 16.7 Å². The van der Waals surface area contributed by atoms with Crippen molar-refractivity contribution in [3.63, 3.8) is 0 Å². The fourth-order valence-electron chi connectivity index (χ4n) is 2.25. The van der Waals surface area contributed by atoms with Gasteiger partial charge in [0.1, 0.15) is 0 Å². The maximum atomic E-state index is 10.6. The summed E-state index contributed by atoms with van der Waals surface area (Å²) >= 11 is 0. The molecule has 0 heterocycles. The highest BCUT2D eigenvalue weighted by molar-refractivity contribution is 5.96. The van der Waals surface area contributed by atoms with Crippen molar-refractivity contribution in [1.29, 1.82) is 0 Å². The molecule has 0 fully saturated rings. The molecule has 0 unspecified atom stereocenters. The second kappa shape index (κ2) is 6.72. The Bertz CT molecular complexity index is 712. The summed E-state index contributed by atoms with van der Waals surface area (Å²) in [6, 6.07) is 12.8. The number of fused-ring (bicyclic) bond motifs is 2. The summed E-state index contributed by atoms with van der Waals surface area (Å²) in [5, 5.41) is 17.4. The lowest BCUT2D eigenvalue weighted by atomic mass is 10.0. The highest BCUT2D eigenvalue weighted by Crippen LogP contribution is 2.14. The van der Waals surface area contributed by atoms with Gasteiger partial charge in [0.25, 0.3) is 0 Å². The highest BCUT2D eigenvalue weighted by atomic mass is 16.4. The maximum Gasteiger partial charge on any atom is 0.335 e. The first-order valence-electron chi connectivity index (χ1n) is 6.80. The van der Waals surface area contributed by atoms with Crippen molar-refractivity contribution in [2.45, 2.75) is 13.3 Å². The number of benzene rings is 2. The molecular formula is C18H16O4. The van der Waals surface area contributed by atoms with Gasteiger partial charge in [-0.3, -0.25) is 0 Å². The molecule has 0 saturated carbocycles. The number of aromatic carboxylic acids is 2. The van der Waals surface area contributed by atoms with Crippen LogP contribution in [0.2, 0.25) is 0 Å². The van der Waals surface area contributed by atoms with Gasteiger partial charge in [0.15, 0.2) is 0 Å². The number of carboxylic acid groups (broad SMARTS) is 2. The standard InChI is InChI=1S/C9H8O4.C9H8/c1-5-6(8(10)11)3-2-4-7(5)9(12)13;1-3-8-5-2-6-9(4-1)7-8/h2-4H,1H3,(H,10,11)(H,12,13);1-5,7H,6H2. The van der Waals surface area contributed by atoms with Gasteiger partial charge in [-0.25, -0.2) is 9.59 Å². The van der Waals surface area contributed by atoms with E-state index in [2.05, 4.69) is 36.4 Å². The van der Waals surface area contributed by atoms with Crippen molar-refractivity contribution in [3.05, 3.63) is 76.4 Å². The van der Waals surface area contributed by atoms with Gasteiger partial charge in [-0.05, 0) is 42.2 Å². The molecule has 2 N–H and O–H groups in total. The Morgan fingerprint density at radius 1 is 0.955 bits per heavy atom. The minimum atomic E-state index is -1.11. The molecule has 1 aliphatic carbocycles. The molecule has 4 heteroatoms. The highest BCUT2D eigenvalue weighted by Gasteiger charge is 2.13.